The zero-order valence-electron chi connectivity index (χ0n) is 21.5. The fourth-order valence-corrected chi connectivity index (χ4v) is 10.4. The second-order valence-corrected chi connectivity index (χ2v) is 17.8. The topological polar surface area (TPSA) is 82.1 Å². The molecule has 0 radical (unpaired) electrons. The quantitative estimate of drug-likeness (QED) is 0.227. The molecule has 6 nitrogen and oxygen atoms in total. The van der Waals surface area contributed by atoms with E-state index in [0.717, 1.165) is 30.4 Å². The van der Waals surface area contributed by atoms with Gasteiger partial charge in [0.2, 0.25) is 5.34 Å². The molecule has 1 N–H and O–H groups in total. The second kappa shape index (κ2) is 8.70. The third kappa shape index (κ3) is 4.07. The van der Waals surface area contributed by atoms with Crippen molar-refractivity contribution in [1.82, 2.24) is 0 Å². The number of allylic oxidation sites excluding steroid dienone is 2. The zero-order chi connectivity index (χ0) is 25.1. The highest BCUT2D eigenvalue weighted by Gasteiger charge is 2.69. The van der Waals surface area contributed by atoms with Crippen LogP contribution in [0.15, 0.2) is 29.8 Å². The lowest BCUT2D eigenvalue weighted by Gasteiger charge is -2.45. The summed E-state index contributed by atoms with van der Waals surface area (Å²) in [5, 5.41) is -2.09. The molecule has 2 saturated carbocycles. The van der Waals surface area contributed by atoms with Gasteiger partial charge >= 0.3 is 7.60 Å². The maximum Gasteiger partial charge on any atom is 0.371 e. The lowest BCUT2D eigenvalue weighted by atomic mass is 9.70. The van der Waals surface area contributed by atoms with E-state index in [-0.39, 0.29) is 5.78 Å². The first-order valence-corrected chi connectivity index (χ1v) is 17.4. The Morgan fingerprint density at radius 3 is 2.59 bits per heavy atom. The van der Waals surface area contributed by atoms with E-state index in [1.807, 2.05) is 33.5 Å². The Morgan fingerprint density at radius 2 is 2.03 bits per heavy atom. The molecule has 1 aromatic carbocycles. The Hall–Kier alpha value is -1.24. The highest BCUT2D eigenvalue weighted by Crippen LogP contribution is 2.71. The molecule has 6 unspecified atom stereocenters. The Bertz CT molecular complexity index is 1060. The average molecular weight is 507 g/mol. The Balaban J connectivity index is 1.97. The lowest BCUT2D eigenvalue weighted by molar-refractivity contribution is -0.140. The summed E-state index contributed by atoms with van der Waals surface area (Å²) in [6, 6.07) is 5.22. The maximum absolute atomic E-state index is 14.9. The number of aryl methyl sites for hydroxylation is 1. The predicted molar refractivity (Wildman–Crippen MR) is 135 cm³/mol. The number of Topliss-reactive ketones (excluding diaryl/α,β-unsaturated/α-hetero) is 1. The predicted octanol–water partition coefficient (Wildman–Crippen LogP) is 6.32. The number of carbonyl (C=O) groups excluding carboxylic acids is 1. The first-order valence-electron chi connectivity index (χ1n) is 12.4. The molecule has 0 aromatic heterocycles. The highest BCUT2D eigenvalue weighted by molar-refractivity contribution is 7.55. The van der Waals surface area contributed by atoms with E-state index in [2.05, 4.69) is 6.08 Å². The van der Waals surface area contributed by atoms with Crippen LogP contribution in [0.4, 0.5) is 0 Å². The Kier molecular flexibility index (Phi) is 6.61. The van der Waals surface area contributed by atoms with Gasteiger partial charge in [-0.2, -0.15) is 0 Å². The molecule has 4 aliphatic carbocycles. The van der Waals surface area contributed by atoms with Gasteiger partial charge in [-0.25, -0.2) is 0 Å². The summed E-state index contributed by atoms with van der Waals surface area (Å²) >= 11 is 0. The van der Waals surface area contributed by atoms with Crippen molar-refractivity contribution in [2.75, 3.05) is 7.11 Å². The summed E-state index contributed by atoms with van der Waals surface area (Å²) in [6.07, 6.45) is 5.72. The van der Waals surface area contributed by atoms with Crippen LogP contribution in [-0.2, 0) is 23.7 Å². The number of hydrogen-bond donors (Lipinski definition) is 1. The summed E-state index contributed by atoms with van der Waals surface area (Å²) in [5.74, 6) is 1.17. The molecule has 34 heavy (non-hydrogen) atoms. The van der Waals surface area contributed by atoms with Gasteiger partial charge in [-0.05, 0) is 95.1 Å². The molecule has 0 heterocycles. The van der Waals surface area contributed by atoms with Gasteiger partial charge < -0.3 is 18.6 Å². The molecule has 0 spiro atoms. The second-order valence-electron chi connectivity index (χ2n) is 11.5. The molecule has 188 valence electrons. The Morgan fingerprint density at radius 1 is 1.32 bits per heavy atom. The van der Waals surface area contributed by atoms with Crippen LogP contribution in [0.3, 0.4) is 0 Å². The van der Waals surface area contributed by atoms with Crippen molar-refractivity contribution >= 4 is 21.7 Å². The van der Waals surface area contributed by atoms with Crippen LogP contribution in [0.1, 0.15) is 57.1 Å². The van der Waals surface area contributed by atoms with Crippen LogP contribution in [-0.4, -0.2) is 32.2 Å². The van der Waals surface area contributed by atoms with Crippen LogP contribution in [0.2, 0.25) is 19.6 Å². The van der Waals surface area contributed by atoms with Crippen molar-refractivity contribution in [1.29, 1.82) is 0 Å². The summed E-state index contributed by atoms with van der Waals surface area (Å²) in [7, 11) is -5.59. The lowest BCUT2D eigenvalue weighted by Crippen LogP contribution is -2.53. The standard InChI is InChI=1S/C26H39O6PSi/c1-8-18(3)31-33(28,29)26(32-34(5,6)7,21-9-10-23(30-4)17(2)11-21)24(27)25-15-19-12-20(16-25)14-22(25)13-19/h9-11,13,18-20H,8,12,14-16H2,1-7H3,(H,28,29). The fourth-order valence-electron chi connectivity index (χ4n) is 6.35. The van der Waals surface area contributed by atoms with E-state index in [4.69, 9.17) is 13.7 Å². The van der Waals surface area contributed by atoms with Gasteiger partial charge in [-0.1, -0.05) is 24.6 Å². The number of benzene rings is 1. The van der Waals surface area contributed by atoms with Crippen molar-refractivity contribution in [3.05, 3.63) is 41.0 Å². The van der Waals surface area contributed by atoms with Crippen molar-refractivity contribution in [3.63, 3.8) is 0 Å². The number of rotatable bonds is 10. The molecule has 0 aliphatic heterocycles. The number of ether oxygens (including phenoxy) is 1. The molecule has 4 aliphatic rings. The van der Waals surface area contributed by atoms with Gasteiger partial charge in [0, 0.05) is 5.56 Å². The van der Waals surface area contributed by atoms with E-state index in [1.54, 1.807) is 32.2 Å². The average Bonchev–Trinajstić information content (AvgIpc) is 3.14. The minimum absolute atomic E-state index is 0.294. The summed E-state index contributed by atoms with van der Waals surface area (Å²) in [6.45, 7) is 11.4. The highest BCUT2D eigenvalue weighted by atomic mass is 31.2. The molecule has 5 rings (SSSR count). The van der Waals surface area contributed by atoms with Crippen LogP contribution in [0.25, 0.3) is 0 Å². The largest absolute Gasteiger partial charge is 0.496 e. The molecule has 0 saturated heterocycles. The Labute approximate surface area is 204 Å². The molecule has 2 fully saturated rings. The first-order chi connectivity index (χ1) is 15.8. The fraction of sp³-hybridized carbons (Fsp3) is 0.654. The van der Waals surface area contributed by atoms with Crippen molar-refractivity contribution in [2.45, 2.75) is 84.0 Å². The first kappa shape index (κ1) is 25.8. The van der Waals surface area contributed by atoms with Gasteiger partial charge in [0.05, 0.1) is 18.6 Å². The monoisotopic (exact) mass is 506 g/mol. The van der Waals surface area contributed by atoms with E-state index in [1.165, 1.54) is 0 Å². The molecular weight excluding hydrogens is 467 g/mol. The van der Waals surface area contributed by atoms with E-state index < -0.39 is 32.8 Å². The van der Waals surface area contributed by atoms with Gasteiger partial charge in [-0.15, -0.1) is 0 Å². The van der Waals surface area contributed by atoms with Crippen LogP contribution in [0, 0.1) is 24.2 Å². The van der Waals surface area contributed by atoms with Gasteiger partial charge in [-0.3, -0.25) is 9.36 Å². The smallest absolute Gasteiger partial charge is 0.371 e. The maximum atomic E-state index is 14.9. The van der Waals surface area contributed by atoms with Crippen LogP contribution >= 0.6 is 7.60 Å². The number of ketones is 1. The minimum Gasteiger partial charge on any atom is -0.496 e. The van der Waals surface area contributed by atoms with Crippen molar-refractivity contribution in [3.8, 4) is 5.75 Å². The SMILES string of the molecule is CCC(C)OP(=O)(O)C(O[Si](C)(C)C)(C(=O)C12CC3C=C1CC(C3)C2)c1ccc(OC)c(C)c1. The molecular formula is C26H39O6PSi. The molecule has 8 heteroatoms. The van der Waals surface area contributed by atoms with Crippen LogP contribution in [0.5, 0.6) is 5.75 Å². The molecule has 1 aromatic rings. The van der Waals surface area contributed by atoms with E-state index in [0.29, 0.717) is 36.0 Å². The normalized spacial score (nSPS) is 29.9. The molecule has 0 amide bonds. The van der Waals surface area contributed by atoms with E-state index >= 15 is 0 Å². The molecule has 6 atom stereocenters. The van der Waals surface area contributed by atoms with Gasteiger partial charge in [0.15, 0.2) is 14.1 Å². The number of methoxy groups -OCH3 is 1. The third-order valence-corrected chi connectivity index (χ3v) is 10.8. The van der Waals surface area contributed by atoms with Gasteiger partial charge in [0.25, 0.3) is 0 Å². The summed E-state index contributed by atoms with van der Waals surface area (Å²) < 4.78 is 32.3. The minimum atomic E-state index is -4.64. The van der Waals surface area contributed by atoms with Gasteiger partial charge in [0.1, 0.15) is 5.75 Å². The van der Waals surface area contributed by atoms with E-state index in [9.17, 15) is 14.3 Å². The number of carbonyl (C=O) groups is 1. The van der Waals surface area contributed by atoms with Crippen molar-refractivity contribution in [2.24, 2.45) is 17.3 Å². The zero-order valence-corrected chi connectivity index (χ0v) is 23.4. The van der Waals surface area contributed by atoms with Crippen molar-refractivity contribution < 1.29 is 27.9 Å². The third-order valence-electron chi connectivity index (χ3n) is 7.72. The summed E-state index contributed by atoms with van der Waals surface area (Å²) in [5.41, 5.74) is 1.54. The van der Waals surface area contributed by atoms with Crippen LogP contribution < -0.4 is 4.74 Å². The number of hydrogen-bond acceptors (Lipinski definition) is 5. The molecule has 4 bridgehead atoms. The summed E-state index contributed by atoms with van der Waals surface area (Å²) in [4.78, 5) is 26.7.